The summed E-state index contributed by atoms with van der Waals surface area (Å²) in [6.45, 7) is 2.40. The number of amides is 1. The summed E-state index contributed by atoms with van der Waals surface area (Å²) >= 11 is 1.40. The first-order chi connectivity index (χ1) is 12.8. The minimum Gasteiger partial charge on any atom is -0.493 e. The SMILES string of the molecule is CCOc1ccccc1C(=O)Nc1nc(-c2c[nH]c3ccccc23)cs1. The van der Waals surface area contributed by atoms with E-state index in [-0.39, 0.29) is 5.91 Å². The summed E-state index contributed by atoms with van der Waals surface area (Å²) < 4.78 is 5.53. The van der Waals surface area contributed by atoms with E-state index in [1.165, 1.54) is 11.3 Å². The Morgan fingerprint density at radius 2 is 2.00 bits per heavy atom. The van der Waals surface area contributed by atoms with Crippen LogP contribution in [0.1, 0.15) is 17.3 Å². The number of carbonyl (C=O) groups excluding carboxylic acids is 1. The zero-order valence-electron chi connectivity index (χ0n) is 14.2. The van der Waals surface area contributed by atoms with Gasteiger partial charge < -0.3 is 9.72 Å². The minimum absolute atomic E-state index is 0.228. The van der Waals surface area contributed by atoms with Crippen molar-refractivity contribution in [3.8, 4) is 17.0 Å². The van der Waals surface area contributed by atoms with Crippen molar-refractivity contribution in [3.05, 3.63) is 65.7 Å². The van der Waals surface area contributed by atoms with E-state index in [1.807, 2.05) is 48.8 Å². The van der Waals surface area contributed by atoms with Crippen LogP contribution in [0.5, 0.6) is 5.75 Å². The molecule has 2 heterocycles. The maximum atomic E-state index is 12.6. The quantitative estimate of drug-likeness (QED) is 0.528. The average Bonchev–Trinajstić information content (AvgIpc) is 3.29. The first kappa shape index (κ1) is 16.4. The summed E-state index contributed by atoms with van der Waals surface area (Å²) in [5, 5.41) is 6.48. The number of aromatic nitrogens is 2. The Morgan fingerprint density at radius 1 is 1.19 bits per heavy atom. The number of H-pyrrole nitrogens is 1. The lowest BCUT2D eigenvalue weighted by Gasteiger charge is -2.08. The highest BCUT2D eigenvalue weighted by Gasteiger charge is 2.15. The monoisotopic (exact) mass is 363 g/mol. The number of fused-ring (bicyclic) bond motifs is 1. The number of hydrogen-bond donors (Lipinski definition) is 2. The van der Waals surface area contributed by atoms with Crippen molar-refractivity contribution in [3.63, 3.8) is 0 Å². The molecular weight excluding hydrogens is 346 g/mol. The lowest BCUT2D eigenvalue weighted by Crippen LogP contribution is -2.13. The molecule has 0 unspecified atom stereocenters. The van der Waals surface area contributed by atoms with E-state index >= 15 is 0 Å². The number of hydrogen-bond acceptors (Lipinski definition) is 4. The summed E-state index contributed by atoms with van der Waals surface area (Å²) in [5.41, 5.74) is 3.41. The molecule has 1 amide bonds. The molecule has 0 aliphatic rings. The molecule has 26 heavy (non-hydrogen) atoms. The van der Waals surface area contributed by atoms with Gasteiger partial charge in [-0.05, 0) is 25.1 Å². The molecule has 2 aromatic heterocycles. The van der Waals surface area contributed by atoms with Gasteiger partial charge in [0, 0.05) is 28.0 Å². The van der Waals surface area contributed by atoms with Crippen molar-refractivity contribution in [2.75, 3.05) is 11.9 Å². The van der Waals surface area contributed by atoms with E-state index in [2.05, 4.69) is 21.4 Å². The van der Waals surface area contributed by atoms with Gasteiger partial charge in [0.25, 0.3) is 5.91 Å². The van der Waals surface area contributed by atoms with Crippen LogP contribution in [0.4, 0.5) is 5.13 Å². The average molecular weight is 363 g/mol. The molecule has 0 saturated heterocycles. The van der Waals surface area contributed by atoms with Gasteiger partial charge in [0.15, 0.2) is 5.13 Å². The van der Waals surface area contributed by atoms with Gasteiger partial charge in [-0.1, -0.05) is 30.3 Å². The molecule has 0 radical (unpaired) electrons. The predicted molar refractivity (Wildman–Crippen MR) is 105 cm³/mol. The van der Waals surface area contributed by atoms with Crippen molar-refractivity contribution in [2.24, 2.45) is 0 Å². The number of para-hydroxylation sites is 2. The van der Waals surface area contributed by atoms with Crippen LogP contribution in [0.2, 0.25) is 0 Å². The Bertz CT molecular complexity index is 1070. The number of nitrogens with one attached hydrogen (secondary N) is 2. The van der Waals surface area contributed by atoms with E-state index < -0.39 is 0 Å². The van der Waals surface area contributed by atoms with Gasteiger partial charge >= 0.3 is 0 Å². The second-order valence-electron chi connectivity index (χ2n) is 5.67. The molecule has 0 aliphatic carbocycles. The Kier molecular flexibility index (Phi) is 4.41. The molecule has 4 rings (SSSR count). The van der Waals surface area contributed by atoms with E-state index in [1.54, 1.807) is 12.1 Å². The van der Waals surface area contributed by atoms with Crippen LogP contribution in [0, 0.1) is 0 Å². The summed E-state index contributed by atoms with van der Waals surface area (Å²) in [4.78, 5) is 20.4. The Balaban J connectivity index is 1.58. The molecule has 0 spiro atoms. The van der Waals surface area contributed by atoms with Gasteiger partial charge in [-0.25, -0.2) is 4.98 Å². The van der Waals surface area contributed by atoms with Crippen LogP contribution in [0.25, 0.3) is 22.2 Å². The second-order valence-corrected chi connectivity index (χ2v) is 6.53. The fraction of sp³-hybridized carbons (Fsp3) is 0.100. The number of anilines is 1. The van der Waals surface area contributed by atoms with Crippen molar-refractivity contribution >= 4 is 33.3 Å². The molecule has 0 atom stereocenters. The van der Waals surface area contributed by atoms with E-state index in [4.69, 9.17) is 4.74 Å². The zero-order valence-corrected chi connectivity index (χ0v) is 15.0. The van der Waals surface area contributed by atoms with Crippen LogP contribution in [-0.2, 0) is 0 Å². The first-order valence-electron chi connectivity index (χ1n) is 8.31. The number of aromatic amines is 1. The van der Waals surface area contributed by atoms with Crippen molar-refractivity contribution < 1.29 is 9.53 Å². The molecule has 0 fully saturated rings. The topological polar surface area (TPSA) is 67.0 Å². The van der Waals surface area contributed by atoms with Gasteiger partial charge in [-0.2, -0.15) is 0 Å². The standard InChI is InChI=1S/C20H17N3O2S/c1-2-25-18-10-6-4-8-14(18)19(24)23-20-22-17(12-26-20)15-11-21-16-9-5-3-7-13(15)16/h3-12,21H,2H2,1H3,(H,22,23,24). The van der Waals surface area contributed by atoms with Crippen LogP contribution >= 0.6 is 11.3 Å². The highest BCUT2D eigenvalue weighted by molar-refractivity contribution is 7.14. The third kappa shape index (κ3) is 3.07. The number of carbonyl (C=O) groups is 1. The maximum absolute atomic E-state index is 12.6. The molecule has 5 nitrogen and oxygen atoms in total. The van der Waals surface area contributed by atoms with Crippen molar-refractivity contribution in [1.82, 2.24) is 9.97 Å². The molecule has 0 aliphatic heterocycles. The summed E-state index contributed by atoms with van der Waals surface area (Å²) in [6, 6.07) is 15.3. The van der Waals surface area contributed by atoms with E-state index in [0.29, 0.717) is 23.1 Å². The molecule has 130 valence electrons. The van der Waals surface area contributed by atoms with Crippen molar-refractivity contribution in [2.45, 2.75) is 6.92 Å². The number of ether oxygens (including phenoxy) is 1. The Morgan fingerprint density at radius 3 is 2.88 bits per heavy atom. The maximum Gasteiger partial charge on any atom is 0.261 e. The normalized spacial score (nSPS) is 10.8. The molecule has 4 aromatic rings. The minimum atomic E-state index is -0.228. The lowest BCUT2D eigenvalue weighted by molar-refractivity contribution is 0.102. The molecular formula is C20H17N3O2S. The van der Waals surface area contributed by atoms with Crippen LogP contribution in [-0.4, -0.2) is 22.5 Å². The fourth-order valence-electron chi connectivity index (χ4n) is 2.84. The van der Waals surface area contributed by atoms with Crippen LogP contribution in [0.3, 0.4) is 0 Å². The predicted octanol–water partition coefficient (Wildman–Crippen LogP) is 4.94. The molecule has 0 bridgehead atoms. The molecule has 2 N–H and O–H groups in total. The highest BCUT2D eigenvalue weighted by Crippen LogP contribution is 2.31. The number of benzene rings is 2. The third-order valence-electron chi connectivity index (χ3n) is 4.02. The largest absolute Gasteiger partial charge is 0.493 e. The summed E-state index contributed by atoms with van der Waals surface area (Å²) in [5.74, 6) is 0.342. The molecule has 6 heteroatoms. The van der Waals surface area contributed by atoms with Crippen LogP contribution in [0.15, 0.2) is 60.1 Å². The van der Waals surface area contributed by atoms with Gasteiger partial charge in [0.05, 0.1) is 17.9 Å². The summed E-state index contributed by atoms with van der Waals surface area (Å²) in [6.07, 6.45) is 1.94. The van der Waals surface area contributed by atoms with Gasteiger partial charge in [-0.15, -0.1) is 11.3 Å². The fourth-order valence-corrected chi connectivity index (χ4v) is 3.54. The lowest BCUT2D eigenvalue weighted by atomic mass is 10.1. The third-order valence-corrected chi connectivity index (χ3v) is 4.78. The highest BCUT2D eigenvalue weighted by atomic mass is 32.1. The zero-order chi connectivity index (χ0) is 17.9. The first-order valence-corrected chi connectivity index (χ1v) is 9.19. The van der Waals surface area contributed by atoms with Crippen molar-refractivity contribution in [1.29, 1.82) is 0 Å². The Labute approximate surface area is 154 Å². The number of nitrogens with zero attached hydrogens (tertiary/aromatic N) is 1. The van der Waals surface area contributed by atoms with E-state index in [0.717, 1.165) is 22.2 Å². The van der Waals surface area contributed by atoms with E-state index in [9.17, 15) is 4.79 Å². The number of thiazole rings is 1. The second kappa shape index (κ2) is 7.01. The Hall–Kier alpha value is -3.12. The number of rotatable bonds is 5. The smallest absolute Gasteiger partial charge is 0.261 e. The van der Waals surface area contributed by atoms with Crippen LogP contribution < -0.4 is 10.1 Å². The molecule has 0 saturated carbocycles. The molecule has 2 aromatic carbocycles. The van der Waals surface area contributed by atoms with Gasteiger partial charge in [0.1, 0.15) is 5.75 Å². The van der Waals surface area contributed by atoms with Gasteiger partial charge in [-0.3, -0.25) is 10.1 Å². The van der Waals surface area contributed by atoms with Gasteiger partial charge in [0.2, 0.25) is 0 Å². The summed E-state index contributed by atoms with van der Waals surface area (Å²) in [7, 11) is 0.